The van der Waals surface area contributed by atoms with Gasteiger partial charge < -0.3 is 19.3 Å². The highest BCUT2D eigenvalue weighted by molar-refractivity contribution is 5.94. The summed E-state index contributed by atoms with van der Waals surface area (Å²) in [7, 11) is 1.91. The van der Waals surface area contributed by atoms with Crippen LogP contribution < -0.4 is 14.8 Å². The van der Waals surface area contributed by atoms with Gasteiger partial charge in [0, 0.05) is 12.6 Å². The van der Waals surface area contributed by atoms with Crippen LogP contribution in [-0.4, -0.2) is 29.8 Å². The first-order valence-electron chi connectivity index (χ1n) is 8.98. The number of hydrogen-bond donors (Lipinski definition) is 1. The van der Waals surface area contributed by atoms with E-state index < -0.39 is 6.04 Å². The molecule has 1 aliphatic rings. The molecule has 144 valence electrons. The minimum atomic E-state index is -0.497. The summed E-state index contributed by atoms with van der Waals surface area (Å²) in [5.41, 5.74) is 1.92. The first-order valence-corrected chi connectivity index (χ1v) is 8.98. The zero-order chi connectivity index (χ0) is 19.5. The number of amides is 1. The van der Waals surface area contributed by atoms with Crippen molar-refractivity contribution in [1.82, 2.24) is 10.1 Å². The number of hydrogen-bond acceptors (Lipinski definition) is 6. The van der Waals surface area contributed by atoms with E-state index in [0.29, 0.717) is 18.1 Å². The van der Waals surface area contributed by atoms with Crippen molar-refractivity contribution in [3.63, 3.8) is 0 Å². The number of fused-ring (bicyclic) bond motifs is 1. The smallest absolute Gasteiger partial charge is 0.247 e. The van der Waals surface area contributed by atoms with Crippen LogP contribution in [0, 0.1) is 6.92 Å². The third kappa shape index (κ3) is 3.84. The Bertz CT molecular complexity index is 971. The number of nitrogens with one attached hydrogen (secondary N) is 1. The van der Waals surface area contributed by atoms with Crippen LogP contribution in [0.15, 0.2) is 59.1 Å². The quantitative estimate of drug-likeness (QED) is 0.706. The summed E-state index contributed by atoms with van der Waals surface area (Å²) in [5.74, 6) is 2.33. The van der Waals surface area contributed by atoms with Crippen LogP contribution >= 0.6 is 0 Å². The molecule has 2 aromatic carbocycles. The molecule has 0 fully saturated rings. The van der Waals surface area contributed by atoms with Crippen LogP contribution in [0.5, 0.6) is 11.5 Å². The van der Waals surface area contributed by atoms with Crippen LogP contribution in [0.25, 0.3) is 0 Å². The number of benzene rings is 2. The van der Waals surface area contributed by atoms with Gasteiger partial charge in [-0.25, -0.2) is 0 Å². The molecule has 7 nitrogen and oxygen atoms in total. The highest BCUT2D eigenvalue weighted by Gasteiger charge is 2.26. The van der Waals surface area contributed by atoms with Crippen molar-refractivity contribution in [1.29, 1.82) is 0 Å². The highest BCUT2D eigenvalue weighted by atomic mass is 16.7. The van der Waals surface area contributed by atoms with Gasteiger partial charge >= 0.3 is 0 Å². The lowest BCUT2D eigenvalue weighted by Gasteiger charge is -2.27. The third-order valence-corrected chi connectivity index (χ3v) is 4.55. The Morgan fingerprint density at radius 1 is 1.14 bits per heavy atom. The maximum atomic E-state index is 13.1. The number of aryl methyl sites for hydroxylation is 1. The number of ether oxygens (including phenoxy) is 2. The van der Waals surface area contributed by atoms with Crippen molar-refractivity contribution in [3.05, 3.63) is 71.5 Å². The maximum Gasteiger partial charge on any atom is 0.247 e. The van der Waals surface area contributed by atoms with Gasteiger partial charge in [-0.2, -0.15) is 0 Å². The average Bonchev–Trinajstić information content (AvgIpc) is 3.31. The Balaban J connectivity index is 1.56. The number of anilines is 1. The molecule has 3 aromatic rings. The first-order chi connectivity index (χ1) is 13.6. The fraction of sp³-hybridized carbons (Fsp3) is 0.238. The predicted molar refractivity (Wildman–Crippen MR) is 103 cm³/mol. The molecule has 28 heavy (non-hydrogen) atoms. The molecule has 0 bridgehead atoms. The third-order valence-electron chi connectivity index (χ3n) is 4.55. The highest BCUT2D eigenvalue weighted by Crippen LogP contribution is 2.33. The number of nitrogens with zero attached hydrogens (tertiary/aromatic N) is 2. The van der Waals surface area contributed by atoms with Gasteiger partial charge in [-0.1, -0.05) is 41.6 Å². The topological polar surface area (TPSA) is 76.8 Å². The van der Waals surface area contributed by atoms with Crippen molar-refractivity contribution >= 4 is 11.7 Å². The zero-order valence-corrected chi connectivity index (χ0v) is 15.7. The summed E-state index contributed by atoms with van der Waals surface area (Å²) in [5, 5.41) is 6.70. The van der Waals surface area contributed by atoms with E-state index >= 15 is 0 Å². The van der Waals surface area contributed by atoms with E-state index in [2.05, 4.69) is 10.5 Å². The van der Waals surface area contributed by atoms with E-state index in [-0.39, 0.29) is 12.7 Å². The van der Waals surface area contributed by atoms with Crippen molar-refractivity contribution in [2.45, 2.75) is 19.5 Å². The number of rotatable bonds is 6. The summed E-state index contributed by atoms with van der Waals surface area (Å²) in [6.45, 7) is 2.57. The number of aromatic nitrogens is 1. The molecule has 0 radical (unpaired) electrons. The van der Waals surface area contributed by atoms with Crippen LogP contribution in [0.1, 0.15) is 22.9 Å². The molecule has 1 aromatic heterocycles. The van der Waals surface area contributed by atoms with Crippen LogP contribution in [0.3, 0.4) is 0 Å². The maximum absolute atomic E-state index is 13.1. The minimum absolute atomic E-state index is 0.178. The monoisotopic (exact) mass is 379 g/mol. The van der Waals surface area contributed by atoms with E-state index in [4.69, 9.17) is 14.0 Å². The molecule has 0 spiro atoms. The van der Waals surface area contributed by atoms with E-state index in [0.717, 1.165) is 22.6 Å². The first kappa shape index (κ1) is 18.1. The van der Waals surface area contributed by atoms with E-state index in [1.54, 1.807) is 13.0 Å². The summed E-state index contributed by atoms with van der Waals surface area (Å²) < 4.78 is 15.9. The van der Waals surface area contributed by atoms with E-state index in [1.807, 2.05) is 60.5 Å². The lowest BCUT2D eigenvalue weighted by molar-refractivity contribution is -0.121. The van der Waals surface area contributed by atoms with Gasteiger partial charge in [0.25, 0.3) is 0 Å². The molecule has 0 saturated heterocycles. The Kier molecular flexibility index (Phi) is 4.99. The van der Waals surface area contributed by atoms with Gasteiger partial charge in [-0.15, -0.1) is 0 Å². The van der Waals surface area contributed by atoms with Crippen molar-refractivity contribution in [3.8, 4) is 11.5 Å². The fourth-order valence-corrected chi connectivity index (χ4v) is 3.28. The van der Waals surface area contributed by atoms with Crippen molar-refractivity contribution in [2.24, 2.45) is 0 Å². The number of carbonyl (C=O) groups is 1. The molecular weight excluding hydrogens is 358 g/mol. The Morgan fingerprint density at radius 2 is 1.93 bits per heavy atom. The number of carbonyl (C=O) groups excluding carboxylic acids is 1. The second-order valence-electron chi connectivity index (χ2n) is 6.73. The lowest BCUT2D eigenvalue weighted by Crippen LogP contribution is -2.34. The summed E-state index contributed by atoms with van der Waals surface area (Å²) in [6.07, 6.45) is 0. The molecule has 7 heteroatoms. The molecule has 1 amide bonds. The number of likely N-dealkylation sites (N-methyl/N-ethyl adjacent to an activating group) is 1. The standard InChI is InChI=1S/C21H21N3O4/c1-14-10-19(23-28-14)22-21(25)20(16-6-4-3-5-7-16)24(2)12-15-8-9-17-18(11-15)27-13-26-17/h3-11,20H,12-13H2,1-2H3,(H,22,23,25)/t20-/m0/s1. The van der Waals surface area contributed by atoms with Gasteiger partial charge in [-0.05, 0) is 37.2 Å². The summed E-state index contributed by atoms with van der Waals surface area (Å²) >= 11 is 0. The van der Waals surface area contributed by atoms with Gasteiger partial charge in [0.05, 0.1) is 0 Å². The average molecular weight is 379 g/mol. The molecule has 4 rings (SSSR count). The van der Waals surface area contributed by atoms with Gasteiger partial charge in [0.1, 0.15) is 11.8 Å². The molecular formula is C21H21N3O4. The van der Waals surface area contributed by atoms with Crippen LogP contribution in [-0.2, 0) is 11.3 Å². The molecule has 0 saturated carbocycles. The van der Waals surface area contributed by atoms with Crippen LogP contribution in [0.4, 0.5) is 5.82 Å². The van der Waals surface area contributed by atoms with Gasteiger partial charge in [0.15, 0.2) is 17.3 Å². The Labute approximate surface area is 162 Å². The summed E-state index contributed by atoms with van der Waals surface area (Å²) in [4.78, 5) is 15.0. The zero-order valence-electron chi connectivity index (χ0n) is 15.7. The van der Waals surface area contributed by atoms with Gasteiger partial charge in [0.2, 0.25) is 12.7 Å². The molecule has 1 N–H and O–H groups in total. The van der Waals surface area contributed by atoms with Crippen LogP contribution in [0.2, 0.25) is 0 Å². The summed E-state index contributed by atoms with van der Waals surface area (Å²) in [6, 6.07) is 16.7. The van der Waals surface area contributed by atoms with Crippen molar-refractivity contribution in [2.75, 3.05) is 19.2 Å². The Hall–Kier alpha value is -3.32. The van der Waals surface area contributed by atoms with E-state index in [1.165, 1.54) is 0 Å². The molecule has 1 aliphatic heterocycles. The lowest BCUT2D eigenvalue weighted by atomic mass is 10.0. The molecule has 2 heterocycles. The second kappa shape index (κ2) is 7.74. The molecule has 1 atom stereocenters. The predicted octanol–water partition coefficient (Wildman–Crippen LogP) is 3.52. The molecule has 0 aliphatic carbocycles. The van der Waals surface area contributed by atoms with E-state index in [9.17, 15) is 4.79 Å². The normalized spacial score (nSPS) is 13.5. The SMILES string of the molecule is Cc1cc(NC(=O)[C@H](c2ccccc2)N(C)Cc2ccc3c(c2)OCO3)no1. The van der Waals surface area contributed by atoms with Crippen molar-refractivity contribution < 1.29 is 18.8 Å². The Morgan fingerprint density at radius 3 is 2.68 bits per heavy atom. The minimum Gasteiger partial charge on any atom is -0.454 e. The fourth-order valence-electron chi connectivity index (χ4n) is 3.28. The molecule has 0 unspecified atom stereocenters. The van der Waals surface area contributed by atoms with Gasteiger partial charge in [-0.3, -0.25) is 9.69 Å². The largest absolute Gasteiger partial charge is 0.454 e. The second-order valence-corrected chi connectivity index (χ2v) is 6.73.